The minimum atomic E-state index is -0.347. The summed E-state index contributed by atoms with van der Waals surface area (Å²) in [5.74, 6) is 0. The van der Waals surface area contributed by atoms with Crippen LogP contribution in [0.15, 0.2) is 64.4 Å². The van der Waals surface area contributed by atoms with Crippen LogP contribution in [0.5, 0.6) is 0 Å². The fourth-order valence-electron chi connectivity index (χ4n) is 6.58. The van der Waals surface area contributed by atoms with E-state index in [-0.39, 0.29) is 22.2 Å². The first-order valence-electron chi connectivity index (χ1n) is 13.8. The van der Waals surface area contributed by atoms with Crippen molar-refractivity contribution < 1.29 is 8.83 Å². The van der Waals surface area contributed by atoms with Crippen LogP contribution >= 0.6 is 0 Å². The average molecular weight is 533 g/mol. The topological polar surface area (TPSA) is 104 Å². The second-order valence-corrected chi connectivity index (χ2v) is 10.8. The van der Waals surface area contributed by atoms with Gasteiger partial charge < -0.3 is 8.83 Å². The van der Waals surface area contributed by atoms with Gasteiger partial charge in [-0.05, 0) is 49.2 Å². The van der Waals surface area contributed by atoms with Crippen molar-refractivity contribution in [3.63, 3.8) is 0 Å². The number of rotatable bonds is 6. The summed E-state index contributed by atoms with van der Waals surface area (Å²) in [5, 5.41) is 5.50. The quantitative estimate of drug-likeness (QED) is 0.195. The highest BCUT2D eigenvalue weighted by atomic mass is 16.3. The molecule has 4 aromatic heterocycles. The van der Waals surface area contributed by atoms with Crippen molar-refractivity contribution in [2.75, 3.05) is 0 Å². The summed E-state index contributed by atoms with van der Waals surface area (Å²) in [4.78, 5) is 54.2. The van der Waals surface area contributed by atoms with Crippen LogP contribution in [0.25, 0.3) is 76.2 Å². The molecule has 198 valence electrons. The smallest absolute Gasteiger partial charge is 0.261 e. The Labute approximate surface area is 224 Å². The molecular formula is C32H24N2O6. The van der Waals surface area contributed by atoms with E-state index in [1.165, 1.54) is 9.13 Å². The maximum absolute atomic E-state index is 13.6. The lowest BCUT2D eigenvalue weighted by molar-refractivity contribution is 0.604. The summed E-state index contributed by atoms with van der Waals surface area (Å²) in [6, 6.07) is 10.4. The third-order valence-electron chi connectivity index (χ3n) is 8.48. The summed E-state index contributed by atoms with van der Waals surface area (Å²) >= 11 is 0. The molecule has 0 N–H and O–H groups in total. The molecule has 0 bridgehead atoms. The van der Waals surface area contributed by atoms with E-state index in [0.29, 0.717) is 89.3 Å². The molecule has 8 nitrogen and oxygen atoms in total. The van der Waals surface area contributed by atoms with Gasteiger partial charge in [-0.1, -0.05) is 26.7 Å². The lowest BCUT2D eigenvalue weighted by Gasteiger charge is -2.19. The molecular weight excluding hydrogens is 508 g/mol. The zero-order valence-corrected chi connectivity index (χ0v) is 22.1. The number of benzene rings is 4. The van der Waals surface area contributed by atoms with Gasteiger partial charge >= 0.3 is 0 Å². The van der Waals surface area contributed by atoms with Gasteiger partial charge in [0.2, 0.25) is 0 Å². The zero-order valence-electron chi connectivity index (χ0n) is 22.1. The first-order chi connectivity index (χ1) is 19.4. The van der Waals surface area contributed by atoms with Crippen LogP contribution in [-0.2, 0) is 13.1 Å². The van der Waals surface area contributed by atoms with Crippen LogP contribution in [0.2, 0.25) is 0 Å². The molecule has 0 unspecified atom stereocenters. The monoisotopic (exact) mass is 532 g/mol. The molecule has 8 heteroatoms. The second-order valence-electron chi connectivity index (χ2n) is 10.8. The third-order valence-corrected chi connectivity index (χ3v) is 8.48. The lowest BCUT2D eigenvalue weighted by atomic mass is 9.91. The van der Waals surface area contributed by atoms with Crippen molar-refractivity contribution >= 4 is 76.2 Å². The molecule has 40 heavy (non-hydrogen) atoms. The van der Waals surface area contributed by atoms with E-state index in [0.717, 1.165) is 25.7 Å². The van der Waals surface area contributed by atoms with Crippen molar-refractivity contribution in [3.8, 4) is 0 Å². The Kier molecular flexibility index (Phi) is 4.59. The van der Waals surface area contributed by atoms with Crippen LogP contribution in [-0.4, -0.2) is 9.13 Å². The van der Waals surface area contributed by atoms with Gasteiger partial charge in [0.15, 0.2) is 0 Å². The molecule has 0 saturated carbocycles. The zero-order chi connectivity index (χ0) is 27.4. The van der Waals surface area contributed by atoms with Crippen molar-refractivity contribution in [2.45, 2.75) is 52.6 Å². The van der Waals surface area contributed by atoms with Crippen molar-refractivity contribution in [3.05, 3.63) is 77.8 Å². The molecule has 0 aliphatic rings. The van der Waals surface area contributed by atoms with Crippen LogP contribution in [0.3, 0.4) is 0 Å². The summed E-state index contributed by atoms with van der Waals surface area (Å²) in [6.45, 7) is 4.73. The average Bonchev–Trinajstić information content (AvgIpc) is 2.96. The van der Waals surface area contributed by atoms with Crippen LogP contribution in [0, 0.1) is 0 Å². The molecule has 0 saturated heterocycles. The standard InChI is InChI=1S/C32H24N2O6/c1-3-5-11-33-29(35)15-7-9-19-25-23(15)17(31(33)37)13-21-27(25)28-22(40-19)14-18-24-16(8-10-20(39-21)26(24)28)30(36)34(32(18)38)12-6-4-2/h7-10,13-14H,3-6,11-12H2,1-2H3. The lowest BCUT2D eigenvalue weighted by Crippen LogP contribution is -2.33. The number of hydrogen-bond acceptors (Lipinski definition) is 6. The molecule has 0 aliphatic carbocycles. The predicted octanol–water partition coefficient (Wildman–Crippen LogP) is 5.90. The molecule has 0 radical (unpaired) electrons. The van der Waals surface area contributed by atoms with Gasteiger partial charge in [-0.2, -0.15) is 0 Å². The summed E-state index contributed by atoms with van der Waals surface area (Å²) in [6.07, 6.45) is 3.15. The van der Waals surface area contributed by atoms with E-state index >= 15 is 0 Å². The normalized spacial score (nSPS) is 12.8. The van der Waals surface area contributed by atoms with E-state index in [1.54, 1.807) is 36.4 Å². The van der Waals surface area contributed by atoms with Gasteiger partial charge in [0.05, 0.1) is 10.8 Å². The number of hydrogen-bond donors (Lipinski definition) is 0. The molecule has 8 aromatic rings. The van der Waals surface area contributed by atoms with Crippen LogP contribution in [0.4, 0.5) is 0 Å². The van der Waals surface area contributed by atoms with Crippen molar-refractivity contribution in [1.29, 1.82) is 0 Å². The van der Waals surface area contributed by atoms with Gasteiger partial charge in [-0.3, -0.25) is 28.3 Å². The largest absolute Gasteiger partial charge is 0.456 e. The number of aromatic nitrogens is 2. The fourth-order valence-corrected chi connectivity index (χ4v) is 6.58. The number of pyridine rings is 2. The molecule has 4 aromatic carbocycles. The molecule has 0 spiro atoms. The van der Waals surface area contributed by atoms with E-state index in [4.69, 9.17) is 8.83 Å². The Morgan fingerprint density at radius 1 is 0.500 bits per heavy atom. The fraction of sp³-hybridized carbons (Fsp3) is 0.250. The molecule has 0 atom stereocenters. The van der Waals surface area contributed by atoms with E-state index < -0.39 is 0 Å². The Morgan fingerprint density at radius 3 is 1.27 bits per heavy atom. The summed E-state index contributed by atoms with van der Waals surface area (Å²) in [7, 11) is 0. The Bertz CT molecular complexity index is 2370. The van der Waals surface area contributed by atoms with E-state index in [1.807, 2.05) is 13.8 Å². The first kappa shape index (κ1) is 23.2. The third kappa shape index (κ3) is 2.70. The van der Waals surface area contributed by atoms with Crippen LogP contribution in [0.1, 0.15) is 39.5 Å². The Hall–Kier alpha value is -4.72. The maximum atomic E-state index is 13.6. The minimum Gasteiger partial charge on any atom is -0.456 e. The van der Waals surface area contributed by atoms with E-state index in [9.17, 15) is 19.2 Å². The predicted molar refractivity (Wildman–Crippen MR) is 158 cm³/mol. The van der Waals surface area contributed by atoms with E-state index in [2.05, 4.69) is 0 Å². The molecule has 0 amide bonds. The minimum absolute atomic E-state index is 0.319. The van der Waals surface area contributed by atoms with Crippen molar-refractivity contribution in [2.24, 2.45) is 0 Å². The molecule has 0 aliphatic heterocycles. The summed E-state index contributed by atoms with van der Waals surface area (Å²) in [5.41, 5.74) is 0.614. The molecule has 4 heterocycles. The van der Waals surface area contributed by atoms with Gasteiger partial charge in [0.1, 0.15) is 22.3 Å². The Morgan fingerprint density at radius 2 is 0.875 bits per heavy atom. The van der Waals surface area contributed by atoms with Crippen molar-refractivity contribution in [1.82, 2.24) is 9.13 Å². The highest BCUT2D eigenvalue weighted by Gasteiger charge is 2.26. The molecule has 8 rings (SSSR count). The van der Waals surface area contributed by atoms with Crippen LogP contribution < -0.4 is 22.2 Å². The highest BCUT2D eigenvalue weighted by molar-refractivity contribution is 6.38. The number of unbranched alkanes of at least 4 members (excludes halogenated alkanes) is 2. The number of nitrogens with zero attached hydrogens (tertiary/aromatic N) is 2. The maximum Gasteiger partial charge on any atom is 0.261 e. The molecule has 0 fully saturated rings. The highest BCUT2D eigenvalue weighted by Crippen LogP contribution is 2.46. The van der Waals surface area contributed by atoms with Gasteiger partial charge in [-0.25, -0.2) is 0 Å². The Balaban J connectivity index is 1.63. The van der Waals surface area contributed by atoms with Gasteiger partial charge in [0, 0.05) is 56.2 Å². The first-order valence-corrected chi connectivity index (χ1v) is 13.8. The van der Waals surface area contributed by atoms with Gasteiger partial charge in [0.25, 0.3) is 22.2 Å². The SMILES string of the molecule is CCCCn1c(=O)c2ccc3oc4cc5c(=O)n(CCCC)c(=O)c6ccc7oc8cc(c1=O)c2c3c8c4c7c65. The summed E-state index contributed by atoms with van der Waals surface area (Å²) < 4.78 is 15.5. The second kappa shape index (κ2) is 7.91. The van der Waals surface area contributed by atoms with Gasteiger partial charge in [-0.15, -0.1) is 0 Å².